The fourth-order valence-corrected chi connectivity index (χ4v) is 8.82. The van der Waals surface area contributed by atoms with Crippen molar-refractivity contribution in [2.75, 3.05) is 7.11 Å². The summed E-state index contributed by atoms with van der Waals surface area (Å²) in [7, 11) is 1.48. The van der Waals surface area contributed by atoms with Crippen LogP contribution in [0.3, 0.4) is 0 Å². The lowest BCUT2D eigenvalue weighted by atomic mass is 9.43. The van der Waals surface area contributed by atoms with Gasteiger partial charge in [0.15, 0.2) is 0 Å². The van der Waals surface area contributed by atoms with Crippen LogP contribution in [0.25, 0.3) is 0 Å². The Morgan fingerprint density at radius 2 is 1.72 bits per heavy atom. The van der Waals surface area contributed by atoms with Crippen molar-refractivity contribution >= 4 is 5.97 Å². The van der Waals surface area contributed by atoms with Crippen molar-refractivity contribution in [2.45, 2.75) is 97.2 Å². The van der Waals surface area contributed by atoms with E-state index in [-0.39, 0.29) is 23.6 Å². The van der Waals surface area contributed by atoms with Crippen molar-refractivity contribution in [3.8, 4) is 0 Å². The number of aliphatic hydroxyl groups is 2. The minimum atomic E-state index is -0.211. The summed E-state index contributed by atoms with van der Waals surface area (Å²) in [6, 6.07) is 0. The third kappa shape index (κ3) is 3.46. The highest BCUT2D eigenvalue weighted by molar-refractivity contribution is 5.69. The van der Waals surface area contributed by atoms with E-state index in [1.807, 2.05) is 0 Å². The number of hydrogen-bond donors (Lipinski definition) is 2. The van der Waals surface area contributed by atoms with Crippen LogP contribution in [-0.4, -0.2) is 35.5 Å². The fraction of sp³-hybridized carbons (Fsp3) is 0.960. The van der Waals surface area contributed by atoms with Gasteiger partial charge in [0.2, 0.25) is 0 Å². The summed E-state index contributed by atoms with van der Waals surface area (Å²) >= 11 is 0. The van der Waals surface area contributed by atoms with Crippen molar-refractivity contribution in [3.63, 3.8) is 0 Å². The van der Waals surface area contributed by atoms with Gasteiger partial charge in [-0.15, -0.1) is 0 Å². The SMILES string of the molecule is COC(=O)CC[C@@H](C)[C@H]1CC[C@H]2[C@@H]3[C@H](O)C[C@H]4C[C@H](O)CC[C@]4(C)[C@H]3CC[C@]12C. The zero-order valence-electron chi connectivity index (χ0n) is 18.9. The van der Waals surface area contributed by atoms with Crippen molar-refractivity contribution in [1.29, 1.82) is 0 Å². The number of rotatable bonds is 4. The van der Waals surface area contributed by atoms with Crippen LogP contribution < -0.4 is 0 Å². The molecule has 0 aromatic rings. The van der Waals surface area contributed by atoms with Gasteiger partial charge >= 0.3 is 5.97 Å². The first-order valence-electron chi connectivity index (χ1n) is 12.1. The quantitative estimate of drug-likeness (QED) is 0.671. The van der Waals surface area contributed by atoms with E-state index in [1.165, 1.54) is 32.8 Å². The molecular formula is C25H42O4. The molecule has 0 saturated heterocycles. The zero-order chi connectivity index (χ0) is 21.0. The van der Waals surface area contributed by atoms with Crippen molar-refractivity contribution in [3.05, 3.63) is 0 Å². The zero-order valence-corrected chi connectivity index (χ0v) is 18.9. The molecule has 4 fully saturated rings. The van der Waals surface area contributed by atoms with E-state index in [0.717, 1.165) is 32.1 Å². The average molecular weight is 407 g/mol. The van der Waals surface area contributed by atoms with E-state index >= 15 is 0 Å². The van der Waals surface area contributed by atoms with Gasteiger partial charge in [0.1, 0.15) is 0 Å². The second-order valence-electron chi connectivity index (χ2n) is 11.5. The Morgan fingerprint density at radius 1 is 1.03 bits per heavy atom. The molecule has 4 saturated carbocycles. The molecule has 0 bridgehead atoms. The molecule has 0 spiro atoms. The van der Waals surface area contributed by atoms with E-state index in [1.54, 1.807) is 0 Å². The Morgan fingerprint density at radius 3 is 2.45 bits per heavy atom. The summed E-state index contributed by atoms with van der Waals surface area (Å²) in [6.07, 6.45) is 9.80. The molecule has 10 atom stereocenters. The predicted molar refractivity (Wildman–Crippen MR) is 113 cm³/mol. The molecule has 0 aliphatic heterocycles. The second kappa shape index (κ2) is 7.82. The van der Waals surface area contributed by atoms with Crippen molar-refractivity contribution < 1.29 is 19.7 Å². The summed E-state index contributed by atoms with van der Waals surface area (Å²) in [5.74, 6) is 3.17. The molecule has 4 aliphatic rings. The monoisotopic (exact) mass is 406 g/mol. The molecule has 4 nitrogen and oxygen atoms in total. The molecule has 29 heavy (non-hydrogen) atoms. The Balaban J connectivity index is 1.53. The first kappa shape index (κ1) is 21.6. The summed E-state index contributed by atoms with van der Waals surface area (Å²) in [4.78, 5) is 11.6. The normalized spacial score (nSPS) is 50.2. The minimum absolute atomic E-state index is 0.0959. The highest BCUT2D eigenvalue weighted by Gasteiger charge is 2.62. The number of carbonyl (C=O) groups excluding carboxylic acids is 1. The van der Waals surface area contributed by atoms with Crippen molar-refractivity contribution in [1.82, 2.24) is 0 Å². The van der Waals surface area contributed by atoms with Crippen molar-refractivity contribution in [2.24, 2.45) is 46.3 Å². The maximum Gasteiger partial charge on any atom is 0.305 e. The van der Waals surface area contributed by atoms with Crippen LogP contribution in [0.15, 0.2) is 0 Å². The van der Waals surface area contributed by atoms with Gasteiger partial charge in [0.05, 0.1) is 19.3 Å². The van der Waals surface area contributed by atoms with Gasteiger partial charge in [0, 0.05) is 6.42 Å². The Bertz CT molecular complexity index is 620. The van der Waals surface area contributed by atoms with E-state index in [0.29, 0.717) is 47.3 Å². The van der Waals surface area contributed by atoms with Crippen LogP contribution in [0.5, 0.6) is 0 Å². The average Bonchev–Trinajstić information content (AvgIpc) is 3.04. The minimum Gasteiger partial charge on any atom is -0.469 e. The Kier molecular flexibility index (Phi) is 5.83. The van der Waals surface area contributed by atoms with E-state index in [9.17, 15) is 15.0 Å². The van der Waals surface area contributed by atoms with Gasteiger partial charge in [-0.3, -0.25) is 4.79 Å². The molecule has 4 rings (SSSR count). The van der Waals surface area contributed by atoms with E-state index in [4.69, 9.17) is 4.74 Å². The molecule has 0 unspecified atom stereocenters. The molecule has 166 valence electrons. The molecule has 4 aliphatic carbocycles. The Hall–Kier alpha value is -0.610. The third-order valence-corrected chi connectivity index (χ3v) is 10.4. The van der Waals surface area contributed by atoms with Gasteiger partial charge in [-0.1, -0.05) is 20.8 Å². The molecule has 2 N–H and O–H groups in total. The molecule has 4 heteroatoms. The lowest BCUT2D eigenvalue weighted by molar-refractivity contribution is -0.174. The summed E-state index contributed by atoms with van der Waals surface area (Å²) in [5.41, 5.74) is 0.577. The highest BCUT2D eigenvalue weighted by atomic mass is 16.5. The standard InChI is InChI=1S/C25H42O4/c1-15(5-8-22(28)29-4)18-6-7-19-23-20(10-12-25(18,19)3)24(2)11-9-17(26)13-16(24)14-21(23)27/h15-21,23,26-27H,5-14H2,1-4H3/t15-,16-,17-,18-,19+,20+,21-,23+,24+,25-/m1/s1. The number of ether oxygens (including phenoxy) is 1. The van der Waals surface area contributed by atoms with Gasteiger partial charge in [0.25, 0.3) is 0 Å². The van der Waals surface area contributed by atoms with Gasteiger partial charge in [-0.05, 0) is 104 Å². The largest absolute Gasteiger partial charge is 0.469 e. The molecule has 0 heterocycles. The lowest BCUT2D eigenvalue weighted by Gasteiger charge is -2.62. The number of hydrogen-bond acceptors (Lipinski definition) is 4. The second-order valence-corrected chi connectivity index (χ2v) is 11.5. The van der Waals surface area contributed by atoms with Gasteiger partial charge in [-0.25, -0.2) is 0 Å². The highest BCUT2D eigenvalue weighted by Crippen LogP contribution is 2.68. The molecule has 0 aromatic carbocycles. The lowest BCUT2D eigenvalue weighted by Crippen LogP contribution is -2.58. The maximum atomic E-state index is 11.6. The van der Waals surface area contributed by atoms with Crippen LogP contribution in [0, 0.1) is 46.3 Å². The predicted octanol–water partition coefficient (Wildman–Crippen LogP) is 4.57. The fourth-order valence-electron chi connectivity index (χ4n) is 8.82. The molecular weight excluding hydrogens is 364 g/mol. The number of fused-ring (bicyclic) bond motifs is 5. The summed E-state index contributed by atoms with van der Waals surface area (Å²) in [5, 5.41) is 21.5. The first-order chi connectivity index (χ1) is 13.7. The van der Waals surface area contributed by atoms with Crippen LogP contribution in [0.1, 0.15) is 85.0 Å². The number of esters is 1. The number of methoxy groups -OCH3 is 1. The van der Waals surface area contributed by atoms with Gasteiger partial charge < -0.3 is 14.9 Å². The van der Waals surface area contributed by atoms with Crippen LogP contribution in [0.4, 0.5) is 0 Å². The first-order valence-corrected chi connectivity index (χ1v) is 12.1. The number of carbonyl (C=O) groups is 1. The molecule has 0 radical (unpaired) electrons. The molecule has 0 aromatic heterocycles. The smallest absolute Gasteiger partial charge is 0.305 e. The number of aliphatic hydroxyl groups excluding tert-OH is 2. The summed E-state index contributed by atoms with van der Waals surface area (Å²) < 4.78 is 4.86. The maximum absolute atomic E-state index is 11.6. The van der Waals surface area contributed by atoms with E-state index < -0.39 is 0 Å². The third-order valence-electron chi connectivity index (χ3n) is 10.4. The van der Waals surface area contributed by atoms with Crippen LogP contribution >= 0.6 is 0 Å². The van der Waals surface area contributed by atoms with Crippen LogP contribution in [0.2, 0.25) is 0 Å². The van der Waals surface area contributed by atoms with Gasteiger partial charge in [-0.2, -0.15) is 0 Å². The topological polar surface area (TPSA) is 66.8 Å². The van der Waals surface area contributed by atoms with Crippen LogP contribution in [-0.2, 0) is 9.53 Å². The molecule has 0 amide bonds. The Labute approximate surface area is 176 Å². The summed E-state index contributed by atoms with van der Waals surface area (Å²) in [6.45, 7) is 7.29. The van der Waals surface area contributed by atoms with E-state index in [2.05, 4.69) is 20.8 Å².